The number of alkyl carbamates (subject to hydrolysis) is 1. The first kappa shape index (κ1) is 25.8. The number of rotatable bonds is 11. The number of ether oxygens (including phenoxy) is 1. The molecule has 2 N–H and O–H groups in total. The third-order valence-electron chi connectivity index (χ3n) is 4.75. The smallest absolute Gasteiger partial charge is 0.407 e. The molecule has 2 rings (SSSR count). The zero-order valence-electron chi connectivity index (χ0n) is 18.6. The molecule has 1 amide bonds. The van der Waals surface area contributed by atoms with Crippen LogP contribution in [0.25, 0.3) is 0 Å². The molecule has 0 saturated heterocycles. The number of nitrogens with zero attached hydrogens (tertiary/aromatic N) is 1. The highest BCUT2D eigenvalue weighted by molar-refractivity contribution is 7.89. The van der Waals surface area contributed by atoms with Crippen LogP contribution in [0.3, 0.4) is 0 Å². The van der Waals surface area contributed by atoms with Gasteiger partial charge in [-0.3, -0.25) is 0 Å². The monoisotopic (exact) mass is 466 g/mol. The van der Waals surface area contributed by atoms with Crippen LogP contribution in [0.15, 0.2) is 59.5 Å². The minimum absolute atomic E-state index is 0.0250. The van der Waals surface area contributed by atoms with Crippen LogP contribution in [0.1, 0.15) is 26.3 Å². The summed E-state index contributed by atoms with van der Waals surface area (Å²) in [5.74, 6) is -0.566. The highest BCUT2D eigenvalue weighted by Crippen LogP contribution is 2.19. The average Bonchev–Trinajstić information content (AvgIpc) is 2.73. The molecule has 0 heterocycles. The lowest BCUT2D eigenvalue weighted by Gasteiger charge is -2.30. The van der Waals surface area contributed by atoms with Crippen LogP contribution in [-0.4, -0.2) is 55.8 Å². The fourth-order valence-corrected chi connectivity index (χ4v) is 4.87. The van der Waals surface area contributed by atoms with Crippen LogP contribution in [0.2, 0.25) is 0 Å². The highest BCUT2D eigenvalue weighted by atomic mass is 32.2. The van der Waals surface area contributed by atoms with Crippen LogP contribution in [0.5, 0.6) is 0 Å². The van der Waals surface area contributed by atoms with Crippen molar-refractivity contribution in [1.82, 2.24) is 9.62 Å². The van der Waals surface area contributed by atoms with Gasteiger partial charge in [0.15, 0.2) is 0 Å². The molecule has 0 bridgehead atoms. The maximum atomic E-state index is 13.3. The van der Waals surface area contributed by atoms with Gasteiger partial charge in [-0.1, -0.05) is 44.2 Å². The molecule has 0 aliphatic rings. The van der Waals surface area contributed by atoms with E-state index in [0.29, 0.717) is 0 Å². The van der Waals surface area contributed by atoms with Crippen LogP contribution >= 0.6 is 0 Å². The third kappa shape index (κ3) is 7.58. The summed E-state index contributed by atoms with van der Waals surface area (Å²) in [7, 11) is -3.99. The minimum Gasteiger partial charge on any atom is -0.450 e. The molecule has 0 aliphatic carbocycles. The molecule has 7 nitrogen and oxygen atoms in total. The van der Waals surface area contributed by atoms with Gasteiger partial charge in [0, 0.05) is 13.1 Å². The van der Waals surface area contributed by atoms with Crippen molar-refractivity contribution in [2.24, 2.45) is 5.92 Å². The third-order valence-corrected chi connectivity index (χ3v) is 6.60. The number of aliphatic hydroxyl groups excluding tert-OH is 1. The Bertz CT molecular complexity index is 952. The maximum absolute atomic E-state index is 13.3. The minimum atomic E-state index is -3.99. The van der Waals surface area contributed by atoms with Crippen molar-refractivity contribution in [3.05, 3.63) is 66.0 Å². The molecule has 0 radical (unpaired) electrons. The van der Waals surface area contributed by atoms with Gasteiger partial charge in [-0.2, -0.15) is 4.31 Å². The largest absolute Gasteiger partial charge is 0.450 e. The van der Waals surface area contributed by atoms with E-state index in [4.69, 9.17) is 4.74 Å². The van der Waals surface area contributed by atoms with Gasteiger partial charge in [-0.25, -0.2) is 17.6 Å². The standard InChI is InChI=1S/C23H31FN2O5S/c1-4-31-23(28)25-21(14-18-8-6-5-7-9-18)22(27)16-26(15-17(2)3)32(29,30)20-12-10-19(24)11-13-20/h5-13,17,21-22,27H,4,14-16H2,1-3H3,(H,25,28)/t21-,22+/m0/s1. The number of benzene rings is 2. The predicted molar refractivity (Wildman–Crippen MR) is 120 cm³/mol. The Kier molecular flexibility index (Phi) is 9.61. The van der Waals surface area contributed by atoms with Crippen LogP contribution in [-0.2, 0) is 21.2 Å². The number of carbonyl (C=O) groups excluding carboxylic acids is 1. The van der Waals surface area contributed by atoms with Gasteiger partial charge >= 0.3 is 6.09 Å². The number of nitrogens with one attached hydrogen (secondary N) is 1. The molecule has 0 fully saturated rings. The Morgan fingerprint density at radius 2 is 1.72 bits per heavy atom. The Labute approximate surface area is 189 Å². The fraction of sp³-hybridized carbons (Fsp3) is 0.435. The summed E-state index contributed by atoms with van der Waals surface area (Å²) in [6.45, 7) is 5.45. The summed E-state index contributed by atoms with van der Waals surface area (Å²) in [5.41, 5.74) is 0.866. The van der Waals surface area contributed by atoms with Gasteiger partial charge in [0.1, 0.15) is 5.82 Å². The van der Waals surface area contributed by atoms with E-state index in [9.17, 15) is 22.7 Å². The molecule has 176 valence electrons. The van der Waals surface area contributed by atoms with Crippen molar-refractivity contribution in [2.45, 2.75) is 44.2 Å². The van der Waals surface area contributed by atoms with E-state index in [1.165, 1.54) is 16.4 Å². The Balaban J connectivity index is 2.28. The molecule has 2 atom stereocenters. The summed E-state index contributed by atoms with van der Waals surface area (Å²) in [4.78, 5) is 12.0. The first-order chi connectivity index (χ1) is 15.1. The Hall–Kier alpha value is -2.49. The SMILES string of the molecule is CCOC(=O)N[C@@H](Cc1ccccc1)[C@H](O)CN(CC(C)C)S(=O)(=O)c1ccc(F)cc1. The lowest BCUT2D eigenvalue weighted by molar-refractivity contribution is 0.0906. The van der Waals surface area contributed by atoms with Crippen molar-refractivity contribution < 1.29 is 27.4 Å². The Morgan fingerprint density at radius 1 is 1.09 bits per heavy atom. The zero-order chi connectivity index (χ0) is 23.7. The van der Waals surface area contributed by atoms with Gasteiger partial charge in [0.05, 0.1) is 23.6 Å². The number of hydrogen-bond acceptors (Lipinski definition) is 5. The number of hydrogen-bond donors (Lipinski definition) is 2. The van der Waals surface area contributed by atoms with Crippen LogP contribution in [0, 0.1) is 11.7 Å². The summed E-state index contributed by atoms with van der Waals surface area (Å²) >= 11 is 0. The summed E-state index contributed by atoms with van der Waals surface area (Å²) in [5, 5.41) is 13.6. The van der Waals surface area contributed by atoms with Crippen LogP contribution < -0.4 is 5.32 Å². The van der Waals surface area contributed by atoms with E-state index in [1.54, 1.807) is 6.92 Å². The molecular weight excluding hydrogens is 435 g/mol. The lowest BCUT2D eigenvalue weighted by Crippen LogP contribution is -2.51. The number of carbonyl (C=O) groups is 1. The topological polar surface area (TPSA) is 95.9 Å². The molecule has 0 aliphatic heterocycles. The number of aliphatic hydroxyl groups is 1. The fourth-order valence-electron chi connectivity index (χ4n) is 3.24. The highest BCUT2D eigenvalue weighted by Gasteiger charge is 2.31. The normalized spacial score (nSPS) is 13.7. The van der Waals surface area contributed by atoms with Gasteiger partial charge in [-0.15, -0.1) is 0 Å². The van der Waals surface area contributed by atoms with Crippen LogP contribution in [0.4, 0.5) is 9.18 Å². The molecule has 2 aromatic carbocycles. The molecule has 0 unspecified atom stereocenters. The van der Waals surface area contributed by atoms with E-state index in [-0.39, 0.29) is 36.9 Å². The quantitative estimate of drug-likeness (QED) is 0.530. The zero-order valence-corrected chi connectivity index (χ0v) is 19.4. The predicted octanol–water partition coefficient (Wildman–Crippen LogP) is 3.19. The second-order valence-electron chi connectivity index (χ2n) is 7.90. The number of amides is 1. The van der Waals surface area contributed by atoms with Gasteiger partial charge in [0.2, 0.25) is 10.0 Å². The van der Waals surface area contributed by atoms with E-state index in [0.717, 1.165) is 17.7 Å². The maximum Gasteiger partial charge on any atom is 0.407 e. The Morgan fingerprint density at radius 3 is 2.28 bits per heavy atom. The molecule has 0 saturated carbocycles. The molecule has 0 aromatic heterocycles. The van der Waals surface area contributed by atoms with E-state index in [2.05, 4.69) is 5.32 Å². The molecule has 32 heavy (non-hydrogen) atoms. The number of sulfonamides is 1. The van der Waals surface area contributed by atoms with Gasteiger partial charge < -0.3 is 15.2 Å². The van der Waals surface area contributed by atoms with E-state index < -0.39 is 34.1 Å². The summed E-state index contributed by atoms with van der Waals surface area (Å²) < 4.78 is 45.8. The first-order valence-corrected chi connectivity index (χ1v) is 12.0. The number of halogens is 1. The first-order valence-electron chi connectivity index (χ1n) is 10.5. The van der Waals surface area contributed by atoms with Crippen molar-refractivity contribution in [1.29, 1.82) is 0 Å². The lowest BCUT2D eigenvalue weighted by atomic mass is 10.0. The average molecular weight is 467 g/mol. The summed E-state index contributed by atoms with van der Waals surface area (Å²) in [6.07, 6.45) is -1.62. The van der Waals surface area contributed by atoms with Crippen molar-refractivity contribution in [3.8, 4) is 0 Å². The van der Waals surface area contributed by atoms with Crippen molar-refractivity contribution in [3.63, 3.8) is 0 Å². The molecule has 9 heteroatoms. The van der Waals surface area contributed by atoms with Gasteiger partial charge in [-0.05, 0) is 49.1 Å². The van der Waals surface area contributed by atoms with E-state index >= 15 is 0 Å². The molecule has 2 aromatic rings. The summed E-state index contributed by atoms with van der Waals surface area (Å²) in [6, 6.07) is 13.0. The van der Waals surface area contributed by atoms with Gasteiger partial charge in [0.25, 0.3) is 0 Å². The second kappa shape index (κ2) is 11.9. The van der Waals surface area contributed by atoms with E-state index in [1.807, 2.05) is 44.2 Å². The molecule has 0 spiro atoms. The van der Waals surface area contributed by atoms with Crippen molar-refractivity contribution >= 4 is 16.1 Å². The molecular formula is C23H31FN2O5S. The van der Waals surface area contributed by atoms with Crippen molar-refractivity contribution in [2.75, 3.05) is 19.7 Å². The second-order valence-corrected chi connectivity index (χ2v) is 9.84.